The zero-order valence-corrected chi connectivity index (χ0v) is 19.6. The standard InChI is InChI=1S/C25H30BrN3O2/c1-18-5-7-22(8-6-18)27-24(30)19-9-13-28(14-10-19)23-11-15-29(16-12-23)25(31)20-3-2-4-21(26)17-20/h2-8,17,19,23H,9-16H2,1H3,(H,27,30). The Morgan fingerprint density at radius 2 is 1.61 bits per heavy atom. The van der Waals surface area contributed by atoms with E-state index in [2.05, 4.69) is 26.1 Å². The van der Waals surface area contributed by atoms with Crippen LogP contribution in [0.4, 0.5) is 5.69 Å². The maximum atomic E-state index is 12.8. The van der Waals surface area contributed by atoms with E-state index in [1.54, 1.807) is 0 Å². The summed E-state index contributed by atoms with van der Waals surface area (Å²) in [6, 6.07) is 16.1. The van der Waals surface area contributed by atoms with E-state index in [0.29, 0.717) is 6.04 Å². The number of hydrogen-bond acceptors (Lipinski definition) is 3. The molecule has 2 fully saturated rings. The number of carbonyl (C=O) groups is 2. The quantitative estimate of drug-likeness (QED) is 0.684. The van der Waals surface area contributed by atoms with Crippen molar-refractivity contribution in [2.45, 2.75) is 38.6 Å². The van der Waals surface area contributed by atoms with E-state index in [-0.39, 0.29) is 17.7 Å². The number of hydrogen-bond donors (Lipinski definition) is 1. The van der Waals surface area contributed by atoms with Gasteiger partial charge in [0.1, 0.15) is 0 Å². The number of amides is 2. The van der Waals surface area contributed by atoms with Gasteiger partial charge in [-0.1, -0.05) is 39.7 Å². The molecule has 0 bridgehead atoms. The van der Waals surface area contributed by atoms with Crippen molar-refractivity contribution < 1.29 is 9.59 Å². The molecule has 0 saturated carbocycles. The normalized spacial score (nSPS) is 18.7. The number of anilines is 1. The highest BCUT2D eigenvalue weighted by molar-refractivity contribution is 9.10. The van der Waals surface area contributed by atoms with E-state index in [4.69, 9.17) is 0 Å². The summed E-state index contributed by atoms with van der Waals surface area (Å²) < 4.78 is 0.933. The molecule has 0 unspecified atom stereocenters. The van der Waals surface area contributed by atoms with Crippen LogP contribution < -0.4 is 5.32 Å². The molecule has 2 aromatic rings. The van der Waals surface area contributed by atoms with Crippen LogP contribution in [-0.2, 0) is 4.79 Å². The molecule has 0 aromatic heterocycles. The number of nitrogens with zero attached hydrogens (tertiary/aromatic N) is 2. The zero-order valence-electron chi connectivity index (χ0n) is 18.0. The Hall–Kier alpha value is -2.18. The molecule has 2 amide bonds. The molecule has 31 heavy (non-hydrogen) atoms. The van der Waals surface area contributed by atoms with Crippen LogP contribution in [0, 0.1) is 12.8 Å². The van der Waals surface area contributed by atoms with Crippen molar-refractivity contribution in [3.63, 3.8) is 0 Å². The maximum Gasteiger partial charge on any atom is 0.253 e. The van der Waals surface area contributed by atoms with E-state index < -0.39 is 0 Å². The van der Waals surface area contributed by atoms with Crippen molar-refractivity contribution in [1.29, 1.82) is 0 Å². The van der Waals surface area contributed by atoms with Gasteiger partial charge < -0.3 is 15.1 Å². The molecule has 2 saturated heterocycles. The van der Waals surface area contributed by atoms with Gasteiger partial charge in [-0.2, -0.15) is 0 Å². The van der Waals surface area contributed by atoms with Crippen LogP contribution in [0.3, 0.4) is 0 Å². The smallest absolute Gasteiger partial charge is 0.253 e. The number of carbonyl (C=O) groups excluding carboxylic acids is 2. The Morgan fingerprint density at radius 3 is 2.26 bits per heavy atom. The number of benzene rings is 2. The van der Waals surface area contributed by atoms with Gasteiger partial charge in [0.2, 0.25) is 5.91 Å². The first-order valence-electron chi connectivity index (χ1n) is 11.2. The van der Waals surface area contributed by atoms with Gasteiger partial charge in [0, 0.05) is 40.8 Å². The fourth-order valence-electron chi connectivity index (χ4n) is 4.65. The van der Waals surface area contributed by atoms with Crippen LogP contribution >= 0.6 is 15.9 Å². The highest BCUT2D eigenvalue weighted by atomic mass is 79.9. The van der Waals surface area contributed by atoms with Gasteiger partial charge in [0.25, 0.3) is 5.91 Å². The van der Waals surface area contributed by atoms with Crippen molar-refractivity contribution in [2.24, 2.45) is 5.92 Å². The largest absolute Gasteiger partial charge is 0.339 e. The second kappa shape index (κ2) is 9.96. The van der Waals surface area contributed by atoms with Crippen molar-refractivity contribution in [2.75, 3.05) is 31.5 Å². The lowest BCUT2D eigenvalue weighted by atomic mass is 9.92. The number of aryl methyl sites for hydroxylation is 1. The molecule has 0 aliphatic carbocycles. The summed E-state index contributed by atoms with van der Waals surface area (Å²) in [5.41, 5.74) is 2.81. The average Bonchev–Trinajstić information content (AvgIpc) is 2.80. The van der Waals surface area contributed by atoms with Gasteiger partial charge in [0.05, 0.1) is 0 Å². The number of likely N-dealkylation sites (tertiary alicyclic amines) is 2. The third-order valence-corrected chi connectivity index (χ3v) is 7.05. The predicted octanol–water partition coefficient (Wildman–Crippen LogP) is 4.71. The molecular formula is C25H30BrN3O2. The molecule has 0 atom stereocenters. The van der Waals surface area contributed by atoms with Crippen LogP contribution in [0.1, 0.15) is 41.6 Å². The number of nitrogens with one attached hydrogen (secondary N) is 1. The summed E-state index contributed by atoms with van der Waals surface area (Å²) in [7, 11) is 0. The molecule has 2 aromatic carbocycles. The number of halogens is 1. The lowest BCUT2D eigenvalue weighted by Gasteiger charge is -2.41. The summed E-state index contributed by atoms with van der Waals surface area (Å²) in [6.45, 7) is 5.54. The van der Waals surface area contributed by atoms with Crippen molar-refractivity contribution >= 4 is 33.4 Å². The third kappa shape index (κ3) is 5.55. The van der Waals surface area contributed by atoms with E-state index in [1.807, 2.05) is 60.4 Å². The summed E-state index contributed by atoms with van der Waals surface area (Å²) in [5, 5.41) is 3.07. The first kappa shape index (κ1) is 22.0. The molecule has 0 spiro atoms. The topological polar surface area (TPSA) is 52.7 Å². The summed E-state index contributed by atoms with van der Waals surface area (Å²) in [5.74, 6) is 0.333. The fraction of sp³-hybridized carbons (Fsp3) is 0.440. The lowest BCUT2D eigenvalue weighted by Crippen LogP contribution is -2.49. The number of rotatable bonds is 4. The molecule has 0 radical (unpaired) electrons. The molecule has 2 aliphatic rings. The molecule has 1 N–H and O–H groups in total. The molecule has 2 aliphatic heterocycles. The monoisotopic (exact) mass is 483 g/mol. The Bertz CT molecular complexity index is 915. The average molecular weight is 484 g/mol. The van der Waals surface area contributed by atoms with Gasteiger partial charge in [0.15, 0.2) is 0 Å². The van der Waals surface area contributed by atoms with Crippen LogP contribution in [0.25, 0.3) is 0 Å². The molecule has 6 heteroatoms. The summed E-state index contributed by atoms with van der Waals surface area (Å²) in [6.07, 6.45) is 3.80. The summed E-state index contributed by atoms with van der Waals surface area (Å²) >= 11 is 3.45. The minimum absolute atomic E-state index is 0.0794. The Labute approximate surface area is 192 Å². The van der Waals surface area contributed by atoms with E-state index in [9.17, 15) is 9.59 Å². The minimum atomic E-state index is 0.0794. The second-order valence-corrected chi connectivity index (χ2v) is 9.61. The second-order valence-electron chi connectivity index (χ2n) is 8.70. The first-order valence-corrected chi connectivity index (χ1v) is 12.0. The Kier molecular flexibility index (Phi) is 7.08. The van der Waals surface area contributed by atoms with Crippen LogP contribution in [-0.4, -0.2) is 53.8 Å². The highest BCUT2D eigenvalue weighted by Gasteiger charge is 2.31. The fourth-order valence-corrected chi connectivity index (χ4v) is 5.05. The Morgan fingerprint density at radius 1 is 0.935 bits per heavy atom. The molecule has 5 nitrogen and oxygen atoms in total. The Balaban J connectivity index is 1.23. The van der Waals surface area contributed by atoms with Crippen LogP contribution in [0.2, 0.25) is 0 Å². The van der Waals surface area contributed by atoms with Gasteiger partial charge >= 0.3 is 0 Å². The maximum absolute atomic E-state index is 12.8. The molecule has 164 valence electrons. The highest BCUT2D eigenvalue weighted by Crippen LogP contribution is 2.26. The van der Waals surface area contributed by atoms with Crippen LogP contribution in [0.5, 0.6) is 0 Å². The first-order chi connectivity index (χ1) is 15.0. The third-order valence-electron chi connectivity index (χ3n) is 6.56. The minimum Gasteiger partial charge on any atom is -0.339 e. The molecule has 2 heterocycles. The van der Waals surface area contributed by atoms with Gasteiger partial charge in [-0.15, -0.1) is 0 Å². The predicted molar refractivity (Wildman–Crippen MR) is 127 cm³/mol. The van der Waals surface area contributed by atoms with Crippen LogP contribution in [0.15, 0.2) is 53.0 Å². The molecular weight excluding hydrogens is 454 g/mol. The summed E-state index contributed by atoms with van der Waals surface area (Å²) in [4.78, 5) is 29.9. The van der Waals surface area contributed by atoms with Crippen molar-refractivity contribution in [1.82, 2.24) is 9.80 Å². The molecule has 4 rings (SSSR count). The van der Waals surface area contributed by atoms with E-state index >= 15 is 0 Å². The van der Waals surface area contributed by atoms with Gasteiger partial charge in [-0.3, -0.25) is 9.59 Å². The van der Waals surface area contributed by atoms with Crippen molar-refractivity contribution in [3.8, 4) is 0 Å². The van der Waals surface area contributed by atoms with Gasteiger partial charge in [-0.25, -0.2) is 0 Å². The zero-order chi connectivity index (χ0) is 21.8. The van der Waals surface area contributed by atoms with Gasteiger partial charge in [-0.05, 0) is 76.0 Å². The lowest BCUT2D eigenvalue weighted by molar-refractivity contribution is -0.121. The van der Waals surface area contributed by atoms with Crippen molar-refractivity contribution in [3.05, 3.63) is 64.1 Å². The van der Waals surface area contributed by atoms with E-state index in [0.717, 1.165) is 67.6 Å². The SMILES string of the molecule is Cc1ccc(NC(=O)C2CCN(C3CCN(C(=O)c4cccc(Br)c4)CC3)CC2)cc1. The number of piperidine rings is 2. The van der Waals surface area contributed by atoms with E-state index in [1.165, 1.54) is 5.56 Å².